The molecular weight excluding hydrogens is 376 g/mol. The lowest BCUT2D eigenvalue weighted by atomic mass is 10.1. The predicted octanol–water partition coefficient (Wildman–Crippen LogP) is 4.68. The number of halogens is 1. The van der Waals surface area contributed by atoms with Crippen molar-refractivity contribution < 1.29 is 9.53 Å². The Morgan fingerprint density at radius 2 is 2.12 bits per heavy atom. The first-order valence-corrected chi connectivity index (χ1v) is 9.20. The molecule has 0 aliphatic carbocycles. The van der Waals surface area contributed by atoms with Crippen LogP contribution in [0, 0.1) is 0 Å². The average Bonchev–Trinajstić information content (AvgIpc) is 2.87. The van der Waals surface area contributed by atoms with E-state index in [9.17, 15) is 4.79 Å². The van der Waals surface area contributed by atoms with E-state index < -0.39 is 0 Å². The zero-order chi connectivity index (χ0) is 18.0. The van der Waals surface area contributed by atoms with E-state index in [-0.39, 0.29) is 12.0 Å². The molecule has 0 unspecified atom stereocenters. The van der Waals surface area contributed by atoms with Crippen LogP contribution in [0.4, 0.5) is 0 Å². The summed E-state index contributed by atoms with van der Waals surface area (Å²) in [6.45, 7) is 3.91. The lowest BCUT2D eigenvalue weighted by Crippen LogP contribution is -2.17. The van der Waals surface area contributed by atoms with Gasteiger partial charge in [0.15, 0.2) is 0 Å². The molecule has 1 aromatic carbocycles. The summed E-state index contributed by atoms with van der Waals surface area (Å²) >= 11 is 12.5. The van der Waals surface area contributed by atoms with Crippen LogP contribution in [0.15, 0.2) is 41.4 Å². The molecule has 1 aliphatic heterocycles. The van der Waals surface area contributed by atoms with Gasteiger partial charge in [0.2, 0.25) is 0 Å². The summed E-state index contributed by atoms with van der Waals surface area (Å²) in [5, 5.41) is 3.14. The van der Waals surface area contributed by atoms with Gasteiger partial charge in [0.05, 0.1) is 21.7 Å². The topological polar surface area (TPSA) is 51.2 Å². The van der Waals surface area contributed by atoms with E-state index in [1.54, 1.807) is 12.3 Å². The molecule has 1 aliphatic rings. The number of pyridine rings is 1. The maximum absolute atomic E-state index is 11.7. The lowest BCUT2D eigenvalue weighted by molar-refractivity contribution is -0.115. The Balaban J connectivity index is 1.81. The second kappa shape index (κ2) is 7.56. The number of benzene rings is 1. The highest BCUT2D eigenvalue weighted by Crippen LogP contribution is 2.31. The van der Waals surface area contributed by atoms with Crippen LogP contribution in [0.5, 0.6) is 5.75 Å². The Bertz CT molecular complexity index is 864. The van der Waals surface area contributed by atoms with Crippen molar-refractivity contribution in [2.24, 2.45) is 0 Å². The molecule has 1 saturated heterocycles. The van der Waals surface area contributed by atoms with Gasteiger partial charge >= 0.3 is 0 Å². The molecule has 25 heavy (non-hydrogen) atoms. The highest BCUT2D eigenvalue weighted by atomic mass is 35.5. The van der Waals surface area contributed by atoms with E-state index in [0.29, 0.717) is 20.0 Å². The van der Waals surface area contributed by atoms with Crippen molar-refractivity contribution >= 4 is 51.9 Å². The van der Waals surface area contributed by atoms with Gasteiger partial charge in [-0.15, -0.1) is 0 Å². The first-order chi connectivity index (χ1) is 11.9. The van der Waals surface area contributed by atoms with Crippen molar-refractivity contribution in [2.75, 3.05) is 0 Å². The third-order valence-corrected chi connectivity index (χ3v) is 4.77. The molecule has 0 radical (unpaired) electrons. The minimum atomic E-state index is -0.174. The summed E-state index contributed by atoms with van der Waals surface area (Å²) in [6, 6.07) is 9.38. The molecule has 0 saturated carbocycles. The van der Waals surface area contributed by atoms with Crippen LogP contribution in [0.25, 0.3) is 17.3 Å². The number of aromatic nitrogens is 1. The first-order valence-electron chi connectivity index (χ1n) is 7.60. The summed E-state index contributed by atoms with van der Waals surface area (Å²) in [7, 11) is 0. The minimum Gasteiger partial charge on any atom is -0.489 e. The molecule has 7 heteroatoms. The van der Waals surface area contributed by atoms with E-state index in [2.05, 4.69) is 10.3 Å². The summed E-state index contributed by atoms with van der Waals surface area (Å²) in [4.78, 5) is 16.7. The molecule has 0 spiro atoms. The number of nitrogens with one attached hydrogen (secondary N) is 1. The van der Waals surface area contributed by atoms with Gasteiger partial charge < -0.3 is 10.1 Å². The smallest absolute Gasteiger partial charge is 0.263 e. The highest BCUT2D eigenvalue weighted by Gasteiger charge is 2.21. The van der Waals surface area contributed by atoms with Crippen LogP contribution >= 0.6 is 35.6 Å². The van der Waals surface area contributed by atoms with E-state index in [1.807, 2.05) is 44.2 Å². The lowest BCUT2D eigenvalue weighted by Gasteiger charge is -2.12. The molecule has 0 atom stereocenters. The van der Waals surface area contributed by atoms with Crippen molar-refractivity contribution in [3.63, 3.8) is 0 Å². The summed E-state index contributed by atoms with van der Waals surface area (Å²) in [6.07, 6.45) is 3.54. The molecule has 4 nitrogen and oxygen atoms in total. The Morgan fingerprint density at radius 3 is 2.68 bits per heavy atom. The van der Waals surface area contributed by atoms with Gasteiger partial charge in [-0.25, -0.2) is 0 Å². The van der Waals surface area contributed by atoms with Crippen LogP contribution in [0.3, 0.4) is 0 Å². The van der Waals surface area contributed by atoms with Crippen molar-refractivity contribution in [3.05, 3.63) is 52.0 Å². The van der Waals surface area contributed by atoms with Crippen molar-refractivity contribution in [1.82, 2.24) is 10.3 Å². The number of carbonyl (C=O) groups excluding carboxylic acids is 1. The Hall–Kier alpha value is -1.89. The number of amides is 1. The van der Waals surface area contributed by atoms with Gasteiger partial charge in [-0.2, -0.15) is 0 Å². The number of rotatable bonds is 4. The van der Waals surface area contributed by atoms with Crippen molar-refractivity contribution in [1.29, 1.82) is 0 Å². The quantitative estimate of drug-likeness (QED) is 0.606. The molecule has 3 rings (SSSR count). The molecule has 1 aromatic heterocycles. The highest BCUT2D eigenvalue weighted by molar-refractivity contribution is 8.26. The number of thiocarbonyl (C=S) groups is 1. The fourth-order valence-electron chi connectivity index (χ4n) is 2.24. The molecule has 1 amide bonds. The second-order valence-electron chi connectivity index (χ2n) is 5.64. The third-order valence-electron chi connectivity index (χ3n) is 3.32. The first kappa shape index (κ1) is 17.9. The summed E-state index contributed by atoms with van der Waals surface area (Å²) < 4.78 is 6.11. The van der Waals surface area contributed by atoms with Crippen LogP contribution in [-0.4, -0.2) is 21.3 Å². The van der Waals surface area contributed by atoms with Crippen LogP contribution in [0.1, 0.15) is 19.4 Å². The van der Waals surface area contributed by atoms with E-state index >= 15 is 0 Å². The number of ether oxygens (including phenoxy) is 1. The van der Waals surface area contributed by atoms with Crippen LogP contribution < -0.4 is 10.1 Å². The number of thioether (sulfide) groups is 1. The normalized spacial score (nSPS) is 15.8. The summed E-state index contributed by atoms with van der Waals surface area (Å²) in [5.74, 6) is 0.480. The van der Waals surface area contributed by atoms with Crippen molar-refractivity contribution in [2.45, 2.75) is 20.0 Å². The number of carbonyl (C=O) groups is 1. The standard InChI is InChI=1S/C18H15ClN2O2S2/c1-10(2)23-15-6-4-12(8-13(15)19)14-5-3-11(9-20-14)7-16-17(22)21-18(24)25-16/h3-10H,1-2H3,(H,21,22,24)/b16-7-. The van der Waals surface area contributed by atoms with Gasteiger partial charge in [0, 0.05) is 11.8 Å². The predicted molar refractivity (Wildman–Crippen MR) is 107 cm³/mol. The van der Waals surface area contributed by atoms with Gasteiger partial charge in [-0.3, -0.25) is 9.78 Å². The number of hydrogen-bond donors (Lipinski definition) is 1. The minimum absolute atomic E-state index is 0.0623. The Kier molecular flexibility index (Phi) is 5.42. The monoisotopic (exact) mass is 390 g/mol. The zero-order valence-electron chi connectivity index (χ0n) is 13.6. The SMILES string of the molecule is CC(C)Oc1ccc(-c2ccc(/C=C3\SC(=S)NC3=O)cn2)cc1Cl. The molecule has 1 fully saturated rings. The maximum atomic E-state index is 11.7. The molecule has 2 aromatic rings. The van der Waals surface area contributed by atoms with Gasteiger partial charge in [-0.05, 0) is 49.8 Å². The third kappa shape index (κ3) is 4.39. The average molecular weight is 391 g/mol. The fraction of sp³-hybridized carbons (Fsp3) is 0.167. The van der Waals surface area contributed by atoms with E-state index in [4.69, 9.17) is 28.6 Å². The van der Waals surface area contributed by atoms with E-state index in [0.717, 1.165) is 16.8 Å². The number of hydrogen-bond acceptors (Lipinski definition) is 5. The van der Waals surface area contributed by atoms with Crippen molar-refractivity contribution in [3.8, 4) is 17.0 Å². The fourth-order valence-corrected chi connectivity index (χ4v) is 3.51. The molecule has 2 heterocycles. The van der Waals surface area contributed by atoms with Crippen LogP contribution in [0.2, 0.25) is 5.02 Å². The molecule has 0 bridgehead atoms. The second-order valence-corrected chi connectivity index (χ2v) is 7.77. The molecule has 128 valence electrons. The maximum Gasteiger partial charge on any atom is 0.263 e. The van der Waals surface area contributed by atoms with Crippen LogP contribution in [-0.2, 0) is 4.79 Å². The van der Waals surface area contributed by atoms with E-state index in [1.165, 1.54) is 11.8 Å². The zero-order valence-corrected chi connectivity index (χ0v) is 16.0. The Morgan fingerprint density at radius 1 is 1.32 bits per heavy atom. The molecule has 1 N–H and O–H groups in total. The molecular formula is C18H15ClN2O2S2. The van der Waals surface area contributed by atoms with Gasteiger partial charge in [0.25, 0.3) is 5.91 Å². The largest absolute Gasteiger partial charge is 0.489 e. The Labute approximate surface area is 160 Å². The van der Waals surface area contributed by atoms with Gasteiger partial charge in [-0.1, -0.05) is 41.6 Å². The number of nitrogens with zero attached hydrogens (tertiary/aromatic N) is 1. The van der Waals surface area contributed by atoms with Gasteiger partial charge in [0.1, 0.15) is 10.1 Å². The summed E-state index contributed by atoms with van der Waals surface area (Å²) in [5.41, 5.74) is 2.52.